The Bertz CT molecular complexity index is 782. The minimum absolute atomic E-state index is 0. The standard InChI is InChI=1S/C6HF14NO4S2.K.H/c7-1(8,3(11,12)13)2(9,10)5(17,18)26(22,23)21-27(24,25)6(19,20)4(14,15)16;;/h21H;;. The van der Waals surface area contributed by atoms with Gasteiger partial charge in [-0.3, -0.25) is 0 Å². The molecule has 5 nitrogen and oxygen atoms in total. The molecule has 22 heteroatoms. The molecule has 1 N–H and O–H groups in total. The second-order valence-electron chi connectivity index (χ2n) is 4.27. The van der Waals surface area contributed by atoms with Gasteiger partial charge in [0.1, 0.15) is 0 Å². The van der Waals surface area contributed by atoms with Gasteiger partial charge in [-0.05, 0) is 0 Å². The molecule has 28 heavy (non-hydrogen) atoms. The minimum atomic E-state index is -8.24. The van der Waals surface area contributed by atoms with Crippen molar-refractivity contribution < 1.29 is 78.3 Å². The van der Waals surface area contributed by atoms with Crippen LogP contribution in [0.15, 0.2) is 0 Å². The van der Waals surface area contributed by atoms with E-state index in [4.69, 9.17) is 0 Å². The quantitative estimate of drug-likeness (QED) is 0.430. The zero-order valence-electron chi connectivity index (χ0n) is 11.2. The zero-order valence-corrected chi connectivity index (χ0v) is 12.9. The second-order valence-corrected chi connectivity index (χ2v) is 7.97. The Morgan fingerprint density at radius 2 is 0.750 bits per heavy atom. The van der Waals surface area contributed by atoms with E-state index in [-0.39, 0.29) is 51.4 Å². The fraction of sp³-hybridized carbons (Fsp3) is 1.00. The van der Waals surface area contributed by atoms with Crippen LogP contribution >= 0.6 is 0 Å². The summed E-state index contributed by atoms with van der Waals surface area (Å²) in [7, 11) is -16.2. The summed E-state index contributed by atoms with van der Waals surface area (Å²) >= 11 is 0. The van der Waals surface area contributed by atoms with Gasteiger partial charge in [-0.2, -0.15) is 61.5 Å². The van der Waals surface area contributed by atoms with Gasteiger partial charge >= 0.3 is 86.1 Å². The number of hydrogen-bond donors (Lipinski definition) is 1. The molecule has 0 rings (SSSR count). The first kappa shape index (κ1) is 30.7. The van der Waals surface area contributed by atoms with Crippen molar-refractivity contribution in [3.63, 3.8) is 0 Å². The van der Waals surface area contributed by atoms with Crippen molar-refractivity contribution in [3.8, 4) is 0 Å². The number of nitrogens with one attached hydrogen (secondary N) is 1. The molecule has 0 aromatic carbocycles. The van der Waals surface area contributed by atoms with E-state index in [1.165, 1.54) is 0 Å². The molecule has 0 aromatic heterocycles. The summed E-state index contributed by atoms with van der Waals surface area (Å²) in [6, 6.07) is 0. The van der Waals surface area contributed by atoms with Gasteiger partial charge in [0, 0.05) is 0 Å². The van der Waals surface area contributed by atoms with Crippen molar-refractivity contribution in [1.82, 2.24) is 4.13 Å². The van der Waals surface area contributed by atoms with Crippen molar-refractivity contribution >= 4 is 71.4 Å². The first-order valence-corrected chi connectivity index (χ1v) is 8.10. The van der Waals surface area contributed by atoms with Gasteiger partial charge < -0.3 is 0 Å². The topological polar surface area (TPSA) is 80.3 Å². The number of sulfonamides is 2. The van der Waals surface area contributed by atoms with Crippen LogP contribution < -0.4 is 4.13 Å². The molecule has 0 amide bonds. The fourth-order valence-corrected chi connectivity index (χ4v) is 3.69. The van der Waals surface area contributed by atoms with Crippen LogP contribution in [0.1, 0.15) is 0 Å². The summed E-state index contributed by atoms with van der Waals surface area (Å²) in [5.74, 6) is -15.9. The Morgan fingerprint density at radius 3 is 1.00 bits per heavy atom. The van der Waals surface area contributed by atoms with Crippen molar-refractivity contribution in [2.24, 2.45) is 0 Å². The summed E-state index contributed by atoms with van der Waals surface area (Å²) in [6.07, 6.45) is -14.8. The third-order valence-corrected chi connectivity index (χ3v) is 5.93. The van der Waals surface area contributed by atoms with Crippen LogP contribution in [0.3, 0.4) is 0 Å². The van der Waals surface area contributed by atoms with E-state index in [1.807, 2.05) is 0 Å². The van der Waals surface area contributed by atoms with Crippen LogP contribution in [0.5, 0.6) is 0 Å². The molecular formula is C6H2F14KNO4S2. The van der Waals surface area contributed by atoms with Crippen molar-refractivity contribution in [2.45, 2.75) is 34.7 Å². The summed E-state index contributed by atoms with van der Waals surface area (Å²) in [5.41, 5.74) is 0. The summed E-state index contributed by atoms with van der Waals surface area (Å²) < 4.78 is 214. The normalized spacial score (nSPS) is 15.9. The van der Waals surface area contributed by atoms with Crippen LogP contribution in [-0.2, 0) is 20.0 Å². The molecule has 166 valence electrons. The van der Waals surface area contributed by atoms with Crippen LogP contribution in [0, 0.1) is 0 Å². The molecule has 0 aliphatic rings. The number of halogens is 14. The molecule has 0 heterocycles. The molecule has 0 bridgehead atoms. The van der Waals surface area contributed by atoms with Gasteiger partial charge in [0.25, 0.3) is 20.0 Å². The molecule has 0 aromatic rings. The Kier molecular flexibility index (Phi) is 8.65. The maximum absolute atomic E-state index is 13.0. The van der Waals surface area contributed by atoms with Gasteiger partial charge in [-0.1, -0.05) is 4.13 Å². The SMILES string of the molecule is O=S(=O)(NS(=O)(=O)C(F)(F)C(F)(F)C(F)(F)C(F)(F)F)C(F)(F)C(F)(F)F.[KH]. The predicted molar refractivity (Wildman–Crippen MR) is 60.0 cm³/mol. The van der Waals surface area contributed by atoms with E-state index in [1.54, 1.807) is 0 Å². The molecule has 0 saturated heterocycles. The van der Waals surface area contributed by atoms with E-state index in [2.05, 4.69) is 0 Å². The van der Waals surface area contributed by atoms with E-state index < -0.39 is 58.9 Å². The molecule has 0 fully saturated rings. The van der Waals surface area contributed by atoms with Crippen LogP contribution in [0.4, 0.5) is 61.5 Å². The molecule has 0 saturated carbocycles. The molecule has 0 aliphatic carbocycles. The van der Waals surface area contributed by atoms with Crippen molar-refractivity contribution in [3.05, 3.63) is 0 Å². The van der Waals surface area contributed by atoms with Gasteiger partial charge in [0.15, 0.2) is 0 Å². The van der Waals surface area contributed by atoms with E-state index >= 15 is 0 Å². The van der Waals surface area contributed by atoms with Crippen molar-refractivity contribution in [2.75, 3.05) is 0 Å². The molecule has 0 atom stereocenters. The van der Waals surface area contributed by atoms with Crippen LogP contribution in [0.25, 0.3) is 0 Å². The number of rotatable bonds is 6. The number of hydrogen-bond acceptors (Lipinski definition) is 4. The molecule has 0 radical (unpaired) electrons. The van der Waals surface area contributed by atoms with Gasteiger partial charge in [0.05, 0.1) is 0 Å². The Hall–Kier alpha value is 0.516. The molecule has 0 unspecified atom stereocenters. The average Bonchev–Trinajstić information content (AvgIpc) is 2.33. The van der Waals surface area contributed by atoms with Gasteiger partial charge in [0.2, 0.25) is 0 Å². The summed E-state index contributed by atoms with van der Waals surface area (Å²) in [5, 5.41) is -15.1. The molecule has 0 aliphatic heterocycles. The molecule has 0 spiro atoms. The Labute approximate surface area is 187 Å². The third kappa shape index (κ3) is 4.71. The maximum atomic E-state index is 13.0. The third-order valence-electron chi connectivity index (χ3n) is 2.34. The van der Waals surface area contributed by atoms with E-state index in [0.717, 1.165) is 0 Å². The first-order valence-electron chi connectivity index (χ1n) is 5.13. The first-order chi connectivity index (χ1) is 11.2. The summed E-state index contributed by atoms with van der Waals surface area (Å²) in [6.45, 7) is 0. The molecular weight excluding hydrogens is 519 g/mol. The Balaban J connectivity index is 0. The average molecular weight is 521 g/mol. The zero-order chi connectivity index (χ0) is 22.7. The van der Waals surface area contributed by atoms with Gasteiger partial charge in [-0.15, -0.1) is 0 Å². The van der Waals surface area contributed by atoms with Crippen molar-refractivity contribution in [1.29, 1.82) is 0 Å². The van der Waals surface area contributed by atoms with Gasteiger partial charge in [-0.25, -0.2) is 16.8 Å². The van der Waals surface area contributed by atoms with E-state index in [0.29, 0.717) is 0 Å². The monoisotopic (exact) mass is 521 g/mol. The second kappa shape index (κ2) is 7.89. The predicted octanol–water partition coefficient (Wildman–Crippen LogP) is 2.17. The Morgan fingerprint density at radius 1 is 0.464 bits per heavy atom. The number of alkyl halides is 14. The van der Waals surface area contributed by atoms with E-state index in [9.17, 15) is 78.3 Å². The van der Waals surface area contributed by atoms with Crippen LogP contribution in [-0.4, -0.2) is 103 Å². The summed E-state index contributed by atoms with van der Waals surface area (Å²) in [4.78, 5) is 0. The van der Waals surface area contributed by atoms with Crippen LogP contribution in [0.2, 0.25) is 0 Å². The fourth-order valence-electron chi connectivity index (χ4n) is 0.931.